The molecule has 0 aliphatic heterocycles. The van der Waals surface area contributed by atoms with E-state index in [4.69, 9.17) is 5.11 Å². The van der Waals surface area contributed by atoms with Crippen molar-refractivity contribution in [2.24, 2.45) is 7.05 Å². The molecule has 0 amide bonds. The van der Waals surface area contributed by atoms with Gasteiger partial charge in [-0.2, -0.15) is 5.10 Å². The van der Waals surface area contributed by atoms with Gasteiger partial charge in [0.05, 0.1) is 12.3 Å². The summed E-state index contributed by atoms with van der Waals surface area (Å²) in [5.74, 6) is 0. The predicted octanol–water partition coefficient (Wildman–Crippen LogP) is 0.504. The van der Waals surface area contributed by atoms with Crippen LogP contribution in [-0.2, 0) is 13.5 Å². The molecule has 1 heterocycles. The van der Waals surface area contributed by atoms with E-state index in [0.717, 1.165) is 25.2 Å². The zero-order valence-corrected chi connectivity index (χ0v) is 10.1. The Morgan fingerprint density at radius 2 is 2.00 bits per heavy atom. The zero-order valence-electron chi connectivity index (χ0n) is 10.1. The minimum Gasteiger partial charge on any atom is -0.395 e. The quantitative estimate of drug-likeness (QED) is 0.771. The molecule has 0 atom stereocenters. The van der Waals surface area contributed by atoms with Gasteiger partial charge in [0.25, 0.3) is 0 Å². The summed E-state index contributed by atoms with van der Waals surface area (Å²) in [6.07, 6.45) is 1.00. The normalized spacial score (nSPS) is 11.3. The Morgan fingerprint density at radius 3 is 2.47 bits per heavy atom. The lowest BCUT2D eigenvalue weighted by Crippen LogP contribution is -2.24. The maximum atomic E-state index is 8.79. The lowest BCUT2D eigenvalue weighted by molar-refractivity contribution is 0.223. The number of rotatable bonds is 5. The van der Waals surface area contributed by atoms with Gasteiger partial charge < -0.3 is 10.0 Å². The van der Waals surface area contributed by atoms with E-state index in [2.05, 4.69) is 16.9 Å². The van der Waals surface area contributed by atoms with Crippen molar-refractivity contribution in [1.29, 1.82) is 0 Å². The largest absolute Gasteiger partial charge is 0.395 e. The van der Waals surface area contributed by atoms with Crippen molar-refractivity contribution in [3.8, 4) is 0 Å². The predicted molar refractivity (Wildman–Crippen MR) is 61.0 cm³/mol. The third-order valence-corrected chi connectivity index (χ3v) is 2.88. The minimum atomic E-state index is 0.224. The minimum absolute atomic E-state index is 0.224. The van der Waals surface area contributed by atoms with Gasteiger partial charge in [-0.05, 0) is 32.9 Å². The lowest BCUT2D eigenvalue weighted by Gasteiger charge is -2.14. The maximum Gasteiger partial charge on any atom is 0.0628 e. The molecule has 0 spiro atoms. The number of aliphatic hydroxyl groups is 1. The number of nitrogens with zero attached hydrogens (tertiary/aromatic N) is 3. The topological polar surface area (TPSA) is 41.3 Å². The van der Waals surface area contributed by atoms with E-state index >= 15 is 0 Å². The SMILES string of the molecule is Cc1nn(C)c(C)c1CCN(C)CCO. The van der Waals surface area contributed by atoms with Crippen molar-refractivity contribution in [2.45, 2.75) is 20.3 Å². The van der Waals surface area contributed by atoms with Gasteiger partial charge >= 0.3 is 0 Å². The summed E-state index contributed by atoms with van der Waals surface area (Å²) < 4.78 is 1.93. The van der Waals surface area contributed by atoms with Crippen LogP contribution in [0.3, 0.4) is 0 Å². The van der Waals surface area contributed by atoms with Crippen LogP contribution in [0.4, 0.5) is 0 Å². The van der Waals surface area contributed by atoms with Crippen LogP contribution in [0.5, 0.6) is 0 Å². The van der Waals surface area contributed by atoms with E-state index in [9.17, 15) is 0 Å². The first kappa shape index (κ1) is 12.2. The van der Waals surface area contributed by atoms with Crippen LogP contribution in [0.25, 0.3) is 0 Å². The van der Waals surface area contributed by atoms with Crippen LogP contribution in [-0.4, -0.2) is 46.5 Å². The number of hydrogen-bond donors (Lipinski definition) is 1. The summed E-state index contributed by atoms with van der Waals surface area (Å²) >= 11 is 0. The van der Waals surface area contributed by atoms with Crippen LogP contribution in [0.2, 0.25) is 0 Å². The summed E-state index contributed by atoms with van der Waals surface area (Å²) in [7, 11) is 4.00. The highest BCUT2D eigenvalue weighted by atomic mass is 16.3. The van der Waals surface area contributed by atoms with Gasteiger partial charge in [-0.3, -0.25) is 4.68 Å². The Labute approximate surface area is 91.5 Å². The molecule has 0 fully saturated rings. The van der Waals surface area contributed by atoms with Crippen molar-refractivity contribution in [2.75, 3.05) is 26.7 Å². The lowest BCUT2D eigenvalue weighted by atomic mass is 10.1. The summed E-state index contributed by atoms with van der Waals surface area (Å²) in [5, 5.41) is 13.2. The van der Waals surface area contributed by atoms with Gasteiger partial charge in [-0.25, -0.2) is 0 Å². The van der Waals surface area contributed by atoms with Crippen LogP contribution in [0, 0.1) is 13.8 Å². The van der Waals surface area contributed by atoms with Crippen molar-refractivity contribution >= 4 is 0 Å². The standard InChI is InChI=1S/C11H21N3O/c1-9-11(10(2)14(4)12-9)5-6-13(3)7-8-15/h15H,5-8H2,1-4H3. The molecular formula is C11H21N3O. The molecule has 1 N–H and O–H groups in total. The number of aromatic nitrogens is 2. The molecule has 0 aliphatic carbocycles. The maximum absolute atomic E-state index is 8.79. The highest BCUT2D eigenvalue weighted by Gasteiger charge is 2.09. The summed E-state index contributed by atoms with van der Waals surface area (Å²) in [6.45, 7) is 6.07. The van der Waals surface area contributed by atoms with Crippen LogP contribution >= 0.6 is 0 Å². The molecule has 4 heteroatoms. The van der Waals surface area contributed by atoms with Gasteiger partial charge in [-0.15, -0.1) is 0 Å². The van der Waals surface area contributed by atoms with Gasteiger partial charge in [0, 0.05) is 25.8 Å². The Kier molecular flexibility index (Phi) is 4.29. The van der Waals surface area contributed by atoms with Crippen molar-refractivity contribution in [1.82, 2.24) is 14.7 Å². The zero-order chi connectivity index (χ0) is 11.4. The summed E-state index contributed by atoms with van der Waals surface area (Å²) in [5.41, 5.74) is 3.69. The third kappa shape index (κ3) is 3.04. The van der Waals surface area contributed by atoms with E-state index < -0.39 is 0 Å². The Morgan fingerprint density at radius 1 is 1.33 bits per heavy atom. The molecule has 0 unspecified atom stereocenters. The highest BCUT2D eigenvalue weighted by Crippen LogP contribution is 2.12. The monoisotopic (exact) mass is 211 g/mol. The number of aryl methyl sites for hydroxylation is 2. The second kappa shape index (κ2) is 5.28. The number of likely N-dealkylation sites (N-methyl/N-ethyl adjacent to an activating group) is 1. The molecule has 0 saturated carbocycles. The molecule has 0 aliphatic rings. The van der Waals surface area contributed by atoms with E-state index in [-0.39, 0.29) is 6.61 Å². The fourth-order valence-corrected chi connectivity index (χ4v) is 1.76. The highest BCUT2D eigenvalue weighted by molar-refractivity contribution is 5.24. The first-order valence-electron chi connectivity index (χ1n) is 5.34. The van der Waals surface area contributed by atoms with Crippen LogP contribution in [0.15, 0.2) is 0 Å². The average Bonchev–Trinajstić information content (AvgIpc) is 2.40. The fourth-order valence-electron chi connectivity index (χ4n) is 1.76. The summed E-state index contributed by atoms with van der Waals surface area (Å²) in [6, 6.07) is 0. The van der Waals surface area contributed by atoms with Crippen molar-refractivity contribution < 1.29 is 5.11 Å². The molecule has 0 bridgehead atoms. The van der Waals surface area contributed by atoms with E-state index in [1.54, 1.807) is 0 Å². The first-order valence-corrected chi connectivity index (χ1v) is 5.34. The molecule has 86 valence electrons. The molecule has 0 radical (unpaired) electrons. The molecule has 0 saturated heterocycles. The number of hydrogen-bond acceptors (Lipinski definition) is 3. The smallest absolute Gasteiger partial charge is 0.0628 e. The molecule has 1 aromatic heterocycles. The molecule has 1 aromatic rings. The van der Waals surface area contributed by atoms with E-state index in [0.29, 0.717) is 0 Å². The Bertz CT molecular complexity index is 320. The third-order valence-electron chi connectivity index (χ3n) is 2.88. The average molecular weight is 211 g/mol. The molecule has 1 rings (SSSR count). The second-order valence-electron chi connectivity index (χ2n) is 4.05. The molecule has 0 aromatic carbocycles. The molecular weight excluding hydrogens is 190 g/mol. The summed E-state index contributed by atoms with van der Waals surface area (Å²) in [4.78, 5) is 2.13. The van der Waals surface area contributed by atoms with E-state index in [1.807, 2.05) is 25.7 Å². The Balaban J connectivity index is 2.57. The van der Waals surface area contributed by atoms with Gasteiger partial charge in [0.15, 0.2) is 0 Å². The molecule has 4 nitrogen and oxygen atoms in total. The van der Waals surface area contributed by atoms with Crippen LogP contribution < -0.4 is 0 Å². The van der Waals surface area contributed by atoms with Gasteiger partial charge in [-0.1, -0.05) is 0 Å². The van der Waals surface area contributed by atoms with Crippen molar-refractivity contribution in [3.05, 3.63) is 17.0 Å². The van der Waals surface area contributed by atoms with E-state index in [1.165, 1.54) is 11.3 Å². The fraction of sp³-hybridized carbons (Fsp3) is 0.727. The number of aliphatic hydroxyl groups excluding tert-OH is 1. The van der Waals surface area contributed by atoms with Gasteiger partial charge in [0.1, 0.15) is 0 Å². The Hall–Kier alpha value is -0.870. The molecule has 15 heavy (non-hydrogen) atoms. The second-order valence-corrected chi connectivity index (χ2v) is 4.05. The first-order chi connectivity index (χ1) is 7.06. The van der Waals surface area contributed by atoms with Crippen LogP contribution in [0.1, 0.15) is 17.0 Å². The van der Waals surface area contributed by atoms with Gasteiger partial charge in [0.2, 0.25) is 0 Å². The van der Waals surface area contributed by atoms with Crippen molar-refractivity contribution in [3.63, 3.8) is 0 Å².